The van der Waals surface area contributed by atoms with Crippen molar-refractivity contribution in [1.29, 1.82) is 0 Å². The average Bonchev–Trinajstić information content (AvgIpc) is 2.40. The van der Waals surface area contributed by atoms with Crippen LogP contribution in [0.15, 0.2) is 24.3 Å². The summed E-state index contributed by atoms with van der Waals surface area (Å²) < 4.78 is 5.80. The van der Waals surface area contributed by atoms with Gasteiger partial charge in [0.25, 0.3) is 0 Å². The maximum Gasteiger partial charge on any atom is 0.142 e. The molecule has 1 aliphatic rings. The Hall–Kier alpha value is -1.18. The third-order valence-electron chi connectivity index (χ3n) is 3.80. The zero-order chi connectivity index (χ0) is 12.8. The van der Waals surface area contributed by atoms with Crippen LogP contribution in [0.2, 0.25) is 0 Å². The molecule has 1 saturated carbocycles. The van der Waals surface area contributed by atoms with Crippen LogP contribution in [-0.2, 0) is 0 Å². The van der Waals surface area contributed by atoms with Crippen LogP contribution in [0.1, 0.15) is 46.0 Å². The maximum atomic E-state index is 5.80. The number of hydrogen-bond acceptors (Lipinski definition) is 2. The van der Waals surface area contributed by atoms with Crippen molar-refractivity contribution >= 4 is 5.69 Å². The van der Waals surface area contributed by atoms with Gasteiger partial charge in [-0.25, -0.2) is 0 Å². The van der Waals surface area contributed by atoms with Gasteiger partial charge in [-0.05, 0) is 37.3 Å². The Kier molecular flexibility index (Phi) is 4.91. The molecule has 0 heterocycles. The molecular formula is C16H25NO. The van der Waals surface area contributed by atoms with E-state index in [1.54, 1.807) is 0 Å². The Labute approximate surface area is 111 Å². The fourth-order valence-corrected chi connectivity index (χ4v) is 2.65. The minimum absolute atomic E-state index is 0.602. The molecule has 1 aliphatic carbocycles. The minimum atomic E-state index is 0.602. The number of anilines is 1. The second kappa shape index (κ2) is 6.67. The molecule has 100 valence electrons. The first-order valence-electron chi connectivity index (χ1n) is 7.29. The molecule has 0 amide bonds. The van der Waals surface area contributed by atoms with Crippen LogP contribution >= 0.6 is 0 Å². The molecule has 1 aromatic rings. The summed E-state index contributed by atoms with van der Waals surface area (Å²) in [6.45, 7) is 5.28. The van der Waals surface area contributed by atoms with Gasteiger partial charge in [0.15, 0.2) is 0 Å². The van der Waals surface area contributed by atoms with Gasteiger partial charge >= 0.3 is 0 Å². The summed E-state index contributed by atoms with van der Waals surface area (Å²) in [5.74, 6) is 1.76. The van der Waals surface area contributed by atoms with Crippen molar-refractivity contribution in [1.82, 2.24) is 0 Å². The lowest BCUT2D eigenvalue weighted by atomic mass is 9.86. The van der Waals surface area contributed by atoms with Crippen molar-refractivity contribution in [2.24, 2.45) is 5.92 Å². The molecule has 2 rings (SSSR count). The number of ether oxygens (including phenoxy) is 1. The van der Waals surface area contributed by atoms with E-state index < -0.39 is 0 Å². The summed E-state index contributed by atoms with van der Waals surface area (Å²) in [5, 5.41) is 3.68. The van der Waals surface area contributed by atoms with Gasteiger partial charge < -0.3 is 10.1 Å². The maximum absolute atomic E-state index is 5.80. The molecule has 0 bridgehead atoms. The highest BCUT2D eigenvalue weighted by Gasteiger charge is 2.21. The Morgan fingerprint density at radius 1 is 1.22 bits per heavy atom. The van der Waals surface area contributed by atoms with E-state index in [4.69, 9.17) is 4.74 Å². The summed E-state index contributed by atoms with van der Waals surface area (Å²) in [5.41, 5.74) is 1.16. The zero-order valence-electron chi connectivity index (χ0n) is 11.6. The third kappa shape index (κ3) is 3.41. The molecule has 0 spiro atoms. The Morgan fingerprint density at radius 2 is 2.00 bits per heavy atom. The highest BCUT2D eigenvalue weighted by Crippen LogP contribution is 2.30. The Bertz CT molecular complexity index is 364. The summed E-state index contributed by atoms with van der Waals surface area (Å²) in [6.07, 6.45) is 6.40. The fraction of sp³-hybridized carbons (Fsp3) is 0.625. The van der Waals surface area contributed by atoms with Crippen LogP contribution in [0, 0.1) is 5.92 Å². The smallest absolute Gasteiger partial charge is 0.142 e. The summed E-state index contributed by atoms with van der Waals surface area (Å²) in [7, 11) is 0. The molecule has 1 N–H and O–H groups in total. The second-order valence-corrected chi connectivity index (χ2v) is 5.36. The lowest BCUT2D eigenvalue weighted by Gasteiger charge is -2.31. The molecule has 2 heteroatoms. The lowest BCUT2D eigenvalue weighted by molar-refractivity contribution is 0.315. The van der Waals surface area contributed by atoms with Crippen molar-refractivity contribution < 1.29 is 4.74 Å². The van der Waals surface area contributed by atoms with Crippen molar-refractivity contribution in [3.8, 4) is 5.75 Å². The van der Waals surface area contributed by atoms with E-state index >= 15 is 0 Å². The second-order valence-electron chi connectivity index (χ2n) is 5.36. The first-order chi connectivity index (χ1) is 8.81. The molecule has 0 aliphatic heterocycles. The highest BCUT2D eigenvalue weighted by molar-refractivity contribution is 5.56. The van der Waals surface area contributed by atoms with E-state index in [2.05, 4.69) is 37.4 Å². The fourth-order valence-electron chi connectivity index (χ4n) is 2.65. The van der Waals surface area contributed by atoms with Crippen LogP contribution in [0.25, 0.3) is 0 Å². The standard InChI is InChI=1S/C16H25NO/c1-3-12-18-16-11-7-6-10-15(16)17-14-9-5-4-8-13(14)2/h6-7,10-11,13-14,17H,3-5,8-9,12H2,1-2H3. The normalized spacial score (nSPS) is 23.7. The lowest BCUT2D eigenvalue weighted by Crippen LogP contribution is -2.30. The molecule has 2 nitrogen and oxygen atoms in total. The Morgan fingerprint density at radius 3 is 2.78 bits per heavy atom. The Balaban J connectivity index is 2.03. The molecule has 2 atom stereocenters. The highest BCUT2D eigenvalue weighted by atomic mass is 16.5. The molecular weight excluding hydrogens is 222 g/mol. The molecule has 0 aromatic heterocycles. The monoisotopic (exact) mass is 247 g/mol. The van der Waals surface area contributed by atoms with Crippen molar-refractivity contribution in [3.63, 3.8) is 0 Å². The first kappa shape index (κ1) is 13.3. The number of para-hydroxylation sites is 2. The van der Waals surface area contributed by atoms with E-state index in [1.165, 1.54) is 25.7 Å². The topological polar surface area (TPSA) is 21.3 Å². The SMILES string of the molecule is CCCOc1ccccc1NC1CCCCC1C. The van der Waals surface area contributed by atoms with Crippen LogP contribution in [0.3, 0.4) is 0 Å². The predicted molar refractivity (Wildman–Crippen MR) is 77.3 cm³/mol. The predicted octanol–water partition coefficient (Wildman–Crippen LogP) is 4.47. The van der Waals surface area contributed by atoms with Crippen molar-refractivity contribution in [3.05, 3.63) is 24.3 Å². The first-order valence-corrected chi connectivity index (χ1v) is 7.29. The van der Waals surface area contributed by atoms with Gasteiger partial charge in [-0.1, -0.05) is 38.8 Å². The quantitative estimate of drug-likeness (QED) is 0.829. The largest absolute Gasteiger partial charge is 0.491 e. The molecule has 0 radical (unpaired) electrons. The molecule has 0 saturated heterocycles. The van der Waals surface area contributed by atoms with Crippen LogP contribution in [-0.4, -0.2) is 12.6 Å². The van der Waals surface area contributed by atoms with Gasteiger partial charge in [0, 0.05) is 6.04 Å². The van der Waals surface area contributed by atoms with Crippen LogP contribution in [0.4, 0.5) is 5.69 Å². The number of hydrogen-bond donors (Lipinski definition) is 1. The van der Waals surface area contributed by atoms with E-state index in [-0.39, 0.29) is 0 Å². The van der Waals surface area contributed by atoms with Gasteiger partial charge in [0.05, 0.1) is 12.3 Å². The zero-order valence-corrected chi connectivity index (χ0v) is 11.6. The van der Waals surface area contributed by atoms with E-state index in [9.17, 15) is 0 Å². The van der Waals surface area contributed by atoms with Crippen LogP contribution in [0.5, 0.6) is 5.75 Å². The van der Waals surface area contributed by atoms with E-state index in [0.29, 0.717) is 6.04 Å². The minimum Gasteiger partial charge on any atom is -0.491 e. The summed E-state index contributed by atoms with van der Waals surface area (Å²) in [4.78, 5) is 0. The summed E-state index contributed by atoms with van der Waals surface area (Å²) >= 11 is 0. The molecule has 1 fully saturated rings. The van der Waals surface area contributed by atoms with E-state index in [1.807, 2.05) is 6.07 Å². The van der Waals surface area contributed by atoms with Gasteiger partial charge in [0.2, 0.25) is 0 Å². The van der Waals surface area contributed by atoms with Crippen molar-refractivity contribution in [2.45, 2.75) is 52.0 Å². The van der Waals surface area contributed by atoms with Crippen LogP contribution < -0.4 is 10.1 Å². The van der Waals surface area contributed by atoms with Crippen molar-refractivity contribution in [2.75, 3.05) is 11.9 Å². The number of benzene rings is 1. The van der Waals surface area contributed by atoms with Gasteiger partial charge in [0.1, 0.15) is 5.75 Å². The van der Waals surface area contributed by atoms with Gasteiger partial charge in [-0.2, -0.15) is 0 Å². The molecule has 1 aromatic carbocycles. The third-order valence-corrected chi connectivity index (χ3v) is 3.80. The molecule has 18 heavy (non-hydrogen) atoms. The van der Waals surface area contributed by atoms with Gasteiger partial charge in [-0.3, -0.25) is 0 Å². The number of nitrogens with one attached hydrogen (secondary N) is 1. The van der Waals surface area contributed by atoms with Gasteiger partial charge in [-0.15, -0.1) is 0 Å². The number of rotatable bonds is 5. The summed E-state index contributed by atoms with van der Waals surface area (Å²) in [6, 6.07) is 8.91. The van der Waals surface area contributed by atoms with E-state index in [0.717, 1.165) is 30.4 Å². The molecule has 2 unspecified atom stereocenters. The average molecular weight is 247 g/mol.